The summed E-state index contributed by atoms with van der Waals surface area (Å²) >= 11 is 0. The third-order valence-corrected chi connectivity index (χ3v) is 1.52. The van der Waals surface area contributed by atoms with Crippen molar-refractivity contribution in [3.8, 4) is 0 Å². The Hall–Kier alpha value is -0.120. The van der Waals surface area contributed by atoms with Gasteiger partial charge < -0.3 is 15.6 Å². The van der Waals surface area contributed by atoms with Crippen LogP contribution in [0.1, 0.15) is 19.8 Å². The van der Waals surface area contributed by atoms with Crippen LogP contribution in [-0.2, 0) is 4.74 Å². The predicted octanol–water partition coefficient (Wildman–Crippen LogP) is -0.169. The van der Waals surface area contributed by atoms with Gasteiger partial charge in [0, 0.05) is 6.42 Å². The molecule has 0 aromatic rings. The molecule has 0 spiro atoms. The summed E-state index contributed by atoms with van der Waals surface area (Å²) in [6, 6.07) is 0. The Morgan fingerprint density at radius 3 is 2.67 bits per heavy atom. The zero-order valence-corrected chi connectivity index (χ0v) is 5.58. The highest BCUT2D eigenvalue weighted by Crippen LogP contribution is 2.15. The third-order valence-electron chi connectivity index (χ3n) is 1.52. The zero-order valence-electron chi connectivity index (χ0n) is 5.58. The molecule has 9 heavy (non-hydrogen) atoms. The van der Waals surface area contributed by atoms with Crippen LogP contribution in [0.4, 0.5) is 0 Å². The maximum atomic E-state index is 9.09. The summed E-state index contributed by atoms with van der Waals surface area (Å²) < 4.78 is 5.17. The maximum Gasteiger partial charge on any atom is 0.108 e. The van der Waals surface area contributed by atoms with Gasteiger partial charge in [0.2, 0.25) is 0 Å². The number of aliphatic hydroxyl groups is 1. The van der Waals surface area contributed by atoms with E-state index in [1.165, 1.54) is 0 Å². The molecule has 3 heteroatoms. The molecule has 0 aromatic heterocycles. The topological polar surface area (TPSA) is 55.5 Å². The smallest absolute Gasteiger partial charge is 0.108 e. The quantitative estimate of drug-likeness (QED) is 0.480. The lowest BCUT2D eigenvalue weighted by Crippen LogP contribution is -2.39. The van der Waals surface area contributed by atoms with Crippen LogP contribution in [0.2, 0.25) is 0 Å². The molecule has 0 amide bonds. The van der Waals surface area contributed by atoms with Crippen LogP contribution in [-0.4, -0.2) is 23.5 Å². The second kappa shape index (κ2) is 2.64. The average Bonchev–Trinajstić information content (AvgIpc) is 1.59. The summed E-state index contributed by atoms with van der Waals surface area (Å²) in [7, 11) is 0. The molecule has 0 saturated carbocycles. The standard InChI is InChI=1S/C6H13NO2/c1-4-2-5(8)3-6(7)9-4/h4-6,8H,2-3,7H2,1H3/t4?,5-,6?/m1/s1. The van der Waals surface area contributed by atoms with Crippen LogP contribution >= 0.6 is 0 Å². The van der Waals surface area contributed by atoms with E-state index in [0.29, 0.717) is 12.8 Å². The molecule has 1 fully saturated rings. The van der Waals surface area contributed by atoms with Crippen LogP contribution in [0.5, 0.6) is 0 Å². The van der Waals surface area contributed by atoms with Crippen molar-refractivity contribution >= 4 is 0 Å². The fraction of sp³-hybridized carbons (Fsp3) is 1.00. The molecule has 0 radical (unpaired) electrons. The van der Waals surface area contributed by atoms with Crippen LogP contribution in [0.3, 0.4) is 0 Å². The monoisotopic (exact) mass is 131 g/mol. The fourth-order valence-corrected chi connectivity index (χ4v) is 1.16. The minimum absolute atomic E-state index is 0.115. The Balaban J connectivity index is 2.34. The lowest BCUT2D eigenvalue weighted by atomic mass is 10.1. The van der Waals surface area contributed by atoms with E-state index in [-0.39, 0.29) is 18.4 Å². The molecule has 1 saturated heterocycles. The van der Waals surface area contributed by atoms with E-state index in [2.05, 4.69) is 0 Å². The minimum Gasteiger partial charge on any atom is -0.393 e. The molecule has 1 rings (SSSR count). The van der Waals surface area contributed by atoms with E-state index >= 15 is 0 Å². The molecule has 0 aromatic carbocycles. The Kier molecular flexibility index (Phi) is 2.05. The van der Waals surface area contributed by atoms with Gasteiger partial charge in [0.05, 0.1) is 12.2 Å². The highest BCUT2D eigenvalue weighted by Gasteiger charge is 2.22. The number of ether oxygens (including phenoxy) is 1. The summed E-state index contributed by atoms with van der Waals surface area (Å²) in [4.78, 5) is 0. The van der Waals surface area contributed by atoms with Crippen molar-refractivity contribution in [3.05, 3.63) is 0 Å². The average molecular weight is 131 g/mol. The van der Waals surface area contributed by atoms with Gasteiger partial charge in [0.15, 0.2) is 0 Å². The van der Waals surface area contributed by atoms with Crippen LogP contribution < -0.4 is 5.73 Å². The van der Waals surface area contributed by atoms with Crippen molar-refractivity contribution < 1.29 is 9.84 Å². The molecule has 1 aliphatic heterocycles. The largest absolute Gasteiger partial charge is 0.393 e. The van der Waals surface area contributed by atoms with E-state index in [1.807, 2.05) is 6.92 Å². The lowest BCUT2D eigenvalue weighted by molar-refractivity contribution is -0.0843. The van der Waals surface area contributed by atoms with Crippen molar-refractivity contribution in [2.45, 2.75) is 38.2 Å². The first kappa shape index (κ1) is 6.99. The Labute approximate surface area is 54.8 Å². The normalized spacial score (nSPS) is 45.0. The molecule has 3 nitrogen and oxygen atoms in total. The molecule has 1 heterocycles. The summed E-state index contributed by atoms with van der Waals surface area (Å²) in [5, 5.41) is 9.09. The summed E-state index contributed by atoms with van der Waals surface area (Å²) in [6.45, 7) is 1.92. The number of hydrogen-bond acceptors (Lipinski definition) is 3. The van der Waals surface area contributed by atoms with E-state index in [0.717, 1.165) is 0 Å². The van der Waals surface area contributed by atoms with E-state index in [1.54, 1.807) is 0 Å². The minimum atomic E-state index is -0.260. The van der Waals surface area contributed by atoms with Crippen LogP contribution in [0.15, 0.2) is 0 Å². The highest BCUT2D eigenvalue weighted by molar-refractivity contribution is 4.70. The Bertz CT molecular complexity index is 72.0. The zero-order chi connectivity index (χ0) is 6.85. The van der Waals surface area contributed by atoms with Gasteiger partial charge in [-0.2, -0.15) is 0 Å². The van der Waals surface area contributed by atoms with Gasteiger partial charge in [-0.25, -0.2) is 0 Å². The number of hydrogen-bond donors (Lipinski definition) is 2. The van der Waals surface area contributed by atoms with Crippen molar-refractivity contribution in [2.75, 3.05) is 0 Å². The first-order chi connectivity index (χ1) is 4.18. The molecule has 3 atom stereocenters. The molecule has 1 aliphatic rings. The van der Waals surface area contributed by atoms with Gasteiger partial charge in [-0.1, -0.05) is 0 Å². The molecular formula is C6H13NO2. The van der Waals surface area contributed by atoms with E-state index < -0.39 is 0 Å². The lowest BCUT2D eigenvalue weighted by Gasteiger charge is -2.28. The van der Waals surface area contributed by atoms with Gasteiger partial charge in [-0.05, 0) is 13.3 Å². The number of aliphatic hydroxyl groups excluding tert-OH is 1. The first-order valence-electron chi connectivity index (χ1n) is 3.27. The van der Waals surface area contributed by atoms with Crippen molar-refractivity contribution in [1.82, 2.24) is 0 Å². The fourth-order valence-electron chi connectivity index (χ4n) is 1.16. The van der Waals surface area contributed by atoms with Gasteiger partial charge >= 0.3 is 0 Å². The second-order valence-electron chi connectivity index (χ2n) is 2.61. The summed E-state index contributed by atoms with van der Waals surface area (Å²) in [5.41, 5.74) is 5.43. The molecule has 0 bridgehead atoms. The summed E-state index contributed by atoms with van der Waals surface area (Å²) in [5.74, 6) is 0. The van der Waals surface area contributed by atoms with Crippen molar-refractivity contribution in [2.24, 2.45) is 5.73 Å². The van der Waals surface area contributed by atoms with Crippen molar-refractivity contribution in [3.63, 3.8) is 0 Å². The summed E-state index contributed by atoms with van der Waals surface area (Å²) in [6.07, 6.45) is 0.883. The van der Waals surface area contributed by atoms with E-state index in [4.69, 9.17) is 15.6 Å². The number of rotatable bonds is 0. The molecule has 3 N–H and O–H groups in total. The molecule has 54 valence electrons. The highest BCUT2D eigenvalue weighted by atomic mass is 16.5. The second-order valence-corrected chi connectivity index (χ2v) is 2.61. The van der Waals surface area contributed by atoms with E-state index in [9.17, 15) is 0 Å². The molecule has 0 aliphatic carbocycles. The maximum absolute atomic E-state index is 9.09. The third kappa shape index (κ3) is 1.93. The van der Waals surface area contributed by atoms with Gasteiger partial charge in [0.1, 0.15) is 6.23 Å². The Morgan fingerprint density at radius 2 is 2.22 bits per heavy atom. The van der Waals surface area contributed by atoms with Gasteiger partial charge in [-0.3, -0.25) is 0 Å². The van der Waals surface area contributed by atoms with Crippen molar-refractivity contribution in [1.29, 1.82) is 0 Å². The van der Waals surface area contributed by atoms with Gasteiger partial charge in [0.25, 0.3) is 0 Å². The first-order valence-corrected chi connectivity index (χ1v) is 3.27. The van der Waals surface area contributed by atoms with Gasteiger partial charge in [-0.15, -0.1) is 0 Å². The molecular weight excluding hydrogens is 118 g/mol. The SMILES string of the molecule is CC1C[C@@H](O)CC(N)O1. The molecule has 2 unspecified atom stereocenters. The van der Waals surface area contributed by atoms with Crippen LogP contribution in [0.25, 0.3) is 0 Å². The number of nitrogens with two attached hydrogens (primary N) is 1. The van der Waals surface area contributed by atoms with Crippen LogP contribution in [0, 0.1) is 0 Å². The Morgan fingerprint density at radius 1 is 1.56 bits per heavy atom. The predicted molar refractivity (Wildman–Crippen MR) is 33.8 cm³/mol.